The van der Waals surface area contributed by atoms with Gasteiger partial charge in [-0.1, -0.05) is 79.8 Å². The maximum absolute atomic E-state index is 13.8. The van der Waals surface area contributed by atoms with Gasteiger partial charge in [-0.05, 0) is 70.1 Å². The van der Waals surface area contributed by atoms with Crippen molar-refractivity contribution in [1.29, 1.82) is 0 Å². The van der Waals surface area contributed by atoms with Gasteiger partial charge in [0.25, 0.3) is 0 Å². The highest BCUT2D eigenvalue weighted by molar-refractivity contribution is 5.88. The van der Waals surface area contributed by atoms with Crippen LogP contribution in [0.1, 0.15) is 65.2 Å². The Balaban J connectivity index is 1.10. The van der Waals surface area contributed by atoms with E-state index in [1.807, 2.05) is 18.2 Å². The van der Waals surface area contributed by atoms with Crippen LogP contribution in [0.5, 0.6) is 28.7 Å². The van der Waals surface area contributed by atoms with Crippen molar-refractivity contribution in [1.82, 2.24) is 0 Å². The topological polar surface area (TPSA) is 276 Å². The number of aromatic hydroxyl groups is 4. The molecule has 66 heavy (non-hydrogen) atoms. The summed E-state index contributed by atoms with van der Waals surface area (Å²) in [7, 11) is 0. The van der Waals surface area contributed by atoms with Gasteiger partial charge in [0, 0.05) is 24.1 Å². The van der Waals surface area contributed by atoms with Crippen LogP contribution in [-0.2, 0) is 23.7 Å². The van der Waals surface area contributed by atoms with Crippen molar-refractivity contribution in [2.24, 2.45) is 0 Å². The predicted molar refractivity (Wildman–Crippen MR) is 242 cm³/mol. The zero-order valence-electron chi connectivity index (χ0n) is 36.7. The second-order valence-corrected chi connectivity index (χ2v) is 15.7. The highest BCUT2D eigenvalue weighted by atomic mass is 16.7. The normalized spacial score (nSPS) is 26.3. The summed E-state index contributed by atoms with van der Waals surface area (Å²) in [4.78, 5) is 26.5. The molecule has 2 aliphatic rings. The molecule has 2 saturated heterocycles. The second-order valence-electron chi connectivity index (χ2n) is 15.7. The van der Waals surface area contributed by atoms with Gasteiger partial charge in [0.2, 0.25) is 17.5 Å². The van der Waals surface area contributed by atoms with Gasteiger partial charge in [-0.3, -0.25) is 9.59 Å². The minimum absolute atomic E-state index is 0.00719. The number of phenolic OH excluding ortho intramolecular Hbond substituents is 4. The Hall–Kier alpha value is -5.76. The average molecular weight is 921 g/mol. The Morgan fingerprint density at radius 2 is 1.26 bits per heavy atom. The largest absolute Gasteiger partial charge is 0.508 e. The highest BCUT2D eigenvalue weighted by Gasteiger charge is 2.49. The van der Waals surface area contributed by atoms with E-state index in [1.165, 1.54) is 13.0 Å². The van der Waals surface area contributed by atoms with Crippen LogP contribution in [0.15, 0.2) is 112 Å². The molecule has 5 rings (SSSR count). The Morgan fingerprint density at radius 3 is 1.86 bits per heavy atom. The summed E-state index contributed by atoms with van der Waals surface area (Å²) in [6.45, 7) is 2.96. The molecule has 9 N–H and O–H groups in total. The highest BCUT2D eigenvalue weighted by Crippen LogP contribution is 2.39. The summed E-state index contributed by atoms with van der Waals surface area (Å²) in [6.07, 6.45) is 14.3. The summed E-state index contributed by atoms with van der Waals surface area (Å²) in [5, 5.41) is 94.5. The first-order valence-electron chi connectivity index (χ1n) is 21.9. The molecule has 17 heteroatoms. The standard InChI is InChI=1S/C49H60O17/c1-3-4-5-6-7-8-9-10-11-12-13-14-15-16-17-18-19-20-21-22-37(54)65-45-29(2)62-48(44(60)42(45)58)61-28-36-39(55)41(57)43(59)49(64-36)66-47-40(56)38-34(53)26-31(50)27-35(38)63-46(47)30-23-24-32(51)33(52)25-30/h4-5,7-8,10-11,13-14,16-17,19-20,23-27,29,36,39,41-45,48-53,55,57-60H,3,6,9,12,15,18,21-22,28H2,1-2H3/b5-4-,8-7-,11-10-,14-13-,17-16-,20-19-/t29-,36+,39+,41-,42-,43+,44+,45-,48+,49-/m0/s1. The summed E-state index contributed by atoms with van der Waals surface area (Å²) >= 11 is 0. The maximum atomic E-state index is 13.8. The van der Waals surface area contributed by atoms with E-state index in [-0.39, 0.29) is 17.6 Å². The number of carbonyl (C=O) groups excluding carboxylic acids is 1. The molecule has 0 aliphatic carbocycles. The number of allylic oxidation sites excluding steroid dienone is 12. The van der Waals surface area contributed by atoms with E-state index in [2.05, 4.69) is 61.6 Å². The van der Waals surface area contributed by atoms with Gasteiger partial charge in [-0.25, -0.2) is 0 Å². The molecule has 3 aromatic rings. The van der Waals surface area contributed by atoms with Crippen molar-refractivity contribution < 1.29 is 78.9 Å². The number of benzene rings is 2. The van der Waals surface area contributed by atoms with E-state index in [0.29, 0.717) is 12.8 Å². The van der Waals surface area contributed by atoms with E-state index >= 15 is 0 Å². The summed E-state index contributed by atoms with van der Waals surface area (Å²) in [6, 6.07) is 5.25. The Bertz CT molecular complexity index is 2290. The number of esters is 1. The third kappa shape index (κ3) is 13.9. The fourth-order valence-corrected chi connectivity index (χ4v) is 7.04. The van der Waals surface area contributed by atoms with Crippen molar-refractivity contribution in [3.05, 3.63) is 113 Å². The van der Waals surface area contributed by atoms with E-state index in [1.54, 1.807) is 0 Å². The quantitative estimate of drug-likeness (QED) is 0.0370. The zero-order chi connectivity index (χ0) is 47.8. The third-order valence-electron chi connectivity index (χ3n) is 10.6. The van der Waals surface area contributed by atoms with E-state index in [0.717, 1.165) is 56.4 Å². The third-order valence-corrected chi connectivity index (χ3v) is 10.6. The van der Waals surface area contributed by atoms with Gasteiger partial charge >= 0.3 is 5.97 Å². The van der Waals surface area contributed by atoms with Gasteiger partial charge < -0.3 is 74.1 Å². The van der Waals surface area contributed by atoms with Gasteiger partial charge in [-0.2, -0.15) is 0 Å². The predicted octanol–water partition coefficient (Wildman–Crippen LogP) is 5.34. The Morgan fingerprint density at radius 1 is 0.667 bits per heavy atom. The molecule has 1 aromatic heterocycles. The van der Waals surface area contributed by atoms with Crippen LogP contribution in [0.4, 0.5) is 0 Å². The lowest BCUT2D eigenvalue weighted by Gasteiger charge is -2.43. The number of hydrogen-bond acceptors (Lipinski definition) is 17. The summed E-state index contributed by atoms with van der Waals surface area (Å²) in [5.74, 6) is -4.03. The molecule has 0 bridgehead atoms. The van der Waals surface area contributed by atoms with Crippen molar-refractivity contribution in [2.75, 3.05) is 6.61 Å². The minimum Gasteiger partial charge on any atom is -0.508 e. The van der Waals surface area contributed by atoms with Crippen molar-refractivity contribution >= 4 is 16.9 Å². The molecule has 10 atom stereocenters. The Labute approximate surface area is 381 Å². The van der Waals surface area contributed by atoms with Crippen LogP contribution in [0.25, 0.3) is 22.3 Å². The lowest BCUT2D eigenvalue weighted by Crippen LogP contribution is -2.62. The molecule has 0 unspecified atom stereocenters. The van der Waals surface area contributed by atoms with Gasteiger partial charge in [0.15, 0.2) is 29.7 Å². The molecule has 0 spiro atoms. The lowest BCUT2D eigenvalue weighted by atomic mass is 9.98. The number of phenols is 4. The Kier molecular flexibility index (Phi) is 19.6. The van der Waals surface area contributed by atoms with Crippen LogP contribution in [-0.4, -0.2) is 120 Å². The molecular weight excluding hydrogens is 861 g/mol. The molecule has 2 aliphatic heterocycles. The van der Waals surface area contributed by atoms with Crippen molar-refractivity contribution in [3.63, 3.8) is 0 Å². The molecule has 0 radical (unpaired) electrons. The van der Waals surface area contributed by atoms with E-state index in [9.17, 15) is 55.5 Å². The molecule has 3 heterocycles. The first-order chi connectivity index (χ1) is 31.7. The molecule has 17 nitrogen and oxygen atoms in total. The number of fused-ring (bicyclic) bond motifs is 1. The molecule has 2 fully saturated rings. The van der Waals surface area contributed by atoms with Gasteiger partial charge in [0.05, 0.1) is 12.7 Å². The molecule has 2 aromatic carbocycles. The lowest BCUT2D eigenvalue weighted by molar-refractivity contribution is -0.319. The number of ether oxygens (including phenoxy) is 5. The summed E-state index contributed by atoms with van der Waals surface area (Å²) in [5.41, 5.74) is -1.39. The first-order valence-corrected chi connectivity index (χ1v) is 21.9. The van der Waals surface area contributed by atoms with Crippen LogP contribution in [0.3, 0.4) is 0 Å². The molecule has 0 saturated carbocycles. The maximum Gasteiger partial charge on any atom is 0.306 e. The fraction of sp³-hybridized carbons (Fsp3) is 0.429. The second kappa shape index (κ2) is 25.2. The fourth-order valence-electron chi connectivity index (χ4n) is 7.04. The number of hydrogen-bond donors (Lipinski definition) is 9. The monoisotopic (exact) mass is 920 g/mol. The molecule has 0 amide bonds. The first kappa shape index (κ1) is 51.2. The number of aliphatic hydroxyl groups excluding tert-OH is 5. The molecule has 358 valence electrons. The van der Waals surface area contributed by atoms with Crippen LogP contribution in [0, 0.1) is 0 Å². The smallest absolute Gasteiger partial charge is 0.306 e. The van der Waals surface area contributed by atoms with Crippen molar-refractivity contribution in [2.45, 2.75) is 127 Å². The van der Waals surface area contributed by atoms with Crippen LogP contribution in [0.2, 0.25) is 0 Å². The minimum atomic E-state index is -2.01. The number of aliphatic hydroxyl groups is 5. The van der Waals surface area contributed by atoms with Crippen molar-refractivity contribution in [3.8, 4) is 40.1 Å². The van der Waals surface area contributed by atoms with Crippen LogP contribution < -0.4 is 10.2 Å². The van der Waals surface area contributed by atoms with Gasteiger partial charge in [-0.15, -0.1) is 0 Å². The number of carbonyl (C=O) groups is 1. The number of rotatable bonds is 21. The summed E-state index contributed by atoms with van der Waals surface area (Å²) < 4.78 is 34.2. The molecular formula is C49H60O17. The zero-order valence-corrected chi connectivity index (χ0v) is 36.7. The average Bonchev–Trinajstić information content (AvgIpc) is 3.28. The van der Waals surface area contributed by atoms with E-state index < -0.39 is 119 Å². The SMILES string of the molecule is CC/C=C\C/C=C\C/C=C\C/C=C\C/C=C\C/C=C\CCC(=O)O[C@@H]1[C@@H](O)[C@@H](O)[C@H](OC[C@H]2O[C@@H](Oc3c(-c4ccc(O)c(O)c4)oc4cc(O)cc(O)c4c3=O)[C@H](O)[C@@H](O)[C@@H]2O)O[C@H]1C. The van der Waals surface area contributed by atoms with Gasteiger partial charge in [0.1, 0.15) is 59.1 Å². The van der Waals surface area contributed by atoms with E-state index in [4.69, 9.17) is 28.1 Å². The van der Waals surface area contributed by atoms with Crippen LogP contribution >= 0.6 is 0 Å².